The molecular weight excluding hydrogens is 388 g/mol. The molecular formula is C20H22N6O2S. The lowest BCUT2D eigenvalue weighted by atomic mass is 10.2. The van der Waals surface area contributed by atoms with Gasteiger partial charge in [-0.2, -0.15) is 5.26 Å². The first-order valence-electron chi connectivity index (χ1n) is 9.29. The third-order valence-electron chi connectivity index (χ3n) is 4.56. The van der Waals surface area contributed by atoms with Gasteiger partial charge in [-0.15, -0.1) is 16.8 Å². The van der Waals surface area contributed by atoms with Crippen LogP contribution in [0.4, 0.5) is 0 Å². The summed E-state index contributed by atoms with van der Waals surface area (Å²) in [6.07, 6.45) is 1.64. The van der Waals surface area contributed by atoms with E-state index in [1.54, 1.807) is 28.4 Å². The number of carbonyl (C=O) groups is 1. The topological polar surface area (TPSA) is 96.3 Å². The number of benzene rings is 1. The van der Waals surface area contributed by atoms with E-state index in [4.69, 9.17) is 5.26 Å². The van der Waals surface area contributed by atoms with Crippen LogP contribution in [0.3, 0.4) is 0 Å². The van der Waals surface area contributed by atoms with E-state index in [9.17, 15) is 9.59 Å². The molecule has 1 amide bonds. The van der Waals surface area contributed by atoms with Crippen LogP contribution in [-0.2, 0) is 11.3 Å². The van der Waals surface area contributed by atoms with Gasteiger partial charge in [-0.05, 0) is 26.0 Å². The Labute approximate surface area is 172 Å². The molecule has 0 aliphatic carbocycles. The minimum atomic E-state index is -0.227. The highest BCUT2D eigenvalue weighted by molar-refractivity contribution is 7.99. The Kier molecular flexibility index (Phi) is 6.34. The summed E-state index contributed by atoms with van der Waals surface area (Å²) >= 11 is 1.26. The van der Waals surface area contributed by atoms with Crippen molar-refractivity contribution in [1.29, 1.82) is 5.26 Å². The molecule has 0 bridgehead atoms. The molecule has 29 heavy (non-hydrogen) atoms. The molecule has 0 radical (unpaired) electrons. The molecule has 150 valence electrons. The van der Waals surface area contributed by atoms with Crippen molar-refractivity contribution in [2.75, 3.05) is 18.8 Å². The average molecular weight is 411 g/mol. The van der Waals surface area contributed by atoms with Gasteiger partial charge in [-0.1, -0.05) is 30.0 Å². The molecule has 3 rings (SSSR count). The van der Waals surface area contributed by atoms with Crippen LogP contribution in [0.1, 0.15) is 13.8 Å². The zero-order chi connectivity index (χ0) is 21.0. The normalized spacial score (nSPS) is 12.0. The van der Waals surface area contributed by atoms with Crippen LogP contribution in [0.25, 0.3) is 16.7 Å². The number of hydrogen-bond acceptors (Lipinski definition) is 6. The number of rotatable bonds is 8. The van der Waals surface area contributed by atoms with Gasteiger partial charge in [0.25, 0.3) is 5.56 Å². The third kappa shape index (κ3) is 4.03. The SMILES string of the molecule is C=CCn1c(=O)c2ccccc2n2c(SCC(=O)N(CC)CC(C)C#N)nnc12. The Balaban J connectivity index is 1.97. The largest absolute Gasteiger partial charge is 0.341 e. The van der Waals surface area contributed by atoms with Crippen molar-refractivity contribution in [3.05, 3.63) is 47.3 Å². The van der Waals surface area contributed by atoms with Crippen molar-refractivity contribution in [1.82, 2.24) is 24.1 Å². The van der Waals surface area contributed by atoms with Gasteiger partial charge >= 0.3 is 0 Å². The maximum absolute atomic E-state index is 12.8. The van der Waals surface area contributed by atoms with E-state index >= 15 is 0 Å². The molecule has 2 aromatic heterocycles. The second-order valence-electron chi connectivity index (χ2n) is 6.59. The number of nitriles is 1. The molecule has 0 saturated carbocycles. The Morgan fingerprint density at radius 3 is 2.86 bits per heavy atom. The standard InChI is InChI=1S/C20H22N6O2S/c1-4-10-25-18(28)15-8-6-7-9-16(15)26-19(25)22-23-20(26)29-13-17(27)24(5-2)12-14(3)11-21/h4,6-9,14H,1,5,10,12-13H2,2-3H3. The number of fused-ring (bicyclic) bond motifs is 3. The zero-order valence-electron chi connectivity index (χ0n) is 16.4. The summed E-state index contributed by atoms with van der Waals surface area (Å²) in [6, 6.07) is 9.41. The van der Waals surface area contributed by atoms with Crippen molar-refractivity contribution < 1.29 is 4.79 Å². The summed E-state index contributed by atoms with van der Waals surface area (Å²) in [5.41, 5.74) is 0.536. The highest BCUT2D eigenvalue weighted by atomic mass is 32.2. The molecule has 0 aliphatic rings. The Morgan fingerprint density at radius 1 is 1.41 bits per heavy atom. The predicted molar refractivity (Wildman–Crippen MR) is 113 cm³/mol. The van der Waals surface area contributed by atoms with Crippen molar-refractivity contribution in [2.24, 2.45) is 5.92 Å². The number of nitrogens with zero attached hydrogens (tertiary/aromatic N) is 6. The van der Waals surface area contributed by atoms with Crippen LogP contribution in [0.2, 0.25) is 0 Å². The maximum Gasteiger partial charge on any atom is 0.263 e. The van der Waals surface area contributed by atoms with E-state index in [-0.39, 0.29) is 23.1 Å². The van der Waals surface area contributed by atoms with Gasteiger partial charge in [0.1, 0.15) is 0 Å². The lowest BCUT2D eigenvalue weighted by Gasteiger charge is -2.21. The Hall–Kier alpha value is -3.12. The van der Waals surface area contributed by atoms with Gasteiger partial charge in [0.05, 0.1) is 28.6 Å². The van der Waals surface area contributed by atoms with E-state index in [1.807, 2.05) is 25.1 Å². The van der Waals surface area contributed by atoms with Gasteiger partial charge in [-0.25, -0.2) is 0 Å². The highest BCUT2D eigenvalue weighted by Crippen LogP contribution is 2.22. The van der Waals surface area contributed by atoms with E-state index in [2.05, 4.69) is 22.8 Å². The van der Waals surface area contributed by atoms with Crippen LogP contribution in [0, 0.1) is 17.2 Å². The number of hydrogen-bond donors (Lipinski definition) is 0. The number of amides is 1. The predicted octanol–water partition coefficient (Wildman–Crippen LogP) is 2.33. The lowest BCUT2D eigenvalue weighted by molar-refractivity contribution is -0.128. The number of para-hydroxylation sites is 1. The first-order chi connectivity index (χ1) is 14.0. The molecule has 9 heteroatoms. The lowest BCUT2D eigenvalue weighted by Crippen LogP contribution is -2.35. The van der Waals surface area contributed by atoms with Crippen LogP contribution < -0.4 is 5.56 Å². The van der Waals surface area contributed by atoms with Crippen molar-refractivity contribution in [3.8, 4) is 6.07 Å². The molecule has 0 N–H and O–H groups in total. The second kappa shape index (κ2) is 8.92. The van der Waals surface area contributed by atoms with Crippen LogP contribution in [0.15, 0.2) is 46.9 Å². The molecule has 8 nitrogen and oxygen atoms in total. The first kappa shape index (κ1) is 20.6. The fourth-order valence-corrected chi connectivity index (χ4v) is 3.96. The first-order valence-corrected chi connectivity index (χ1v) is 10.3. The monoisotopic (exact) mass is 410 g/mol. The maximum atomic E-state index is 12.8. The van der Waals surface area contributed by atoms with Crippen LogP contribution >= 0.6 is 11.8 Å². The summed E-state index contributed by atoms with van der Waals surface area (Å²) in [6.45, 7) is 8.64. The van der Waals surface area contributed by atoms with Gasteiger partial charge in [-0.3, -0.25) is 18.6 Å². The molecule has 2 heterocycles. The molecule has 0 spiro atoms. The molecule has 0 fully saturated rings. The minimum Gasteiger partial charge on any atom is -0.341 e. The molecule has 1 aromatic carbocycles. The van der Waals surface area contributed by atoms with Crippen molar-refractivity contribution in [2.45, 2.75) is 25.5 Å². The highest BCUT2D eigenvalue weighted by Gasteiger charge is 2.19. The summed E-state index contributed by atoms with van der Waals surface area (Å²) in [5.74, 6) is 0.283. The minimum absolute atomic E-state index is 0.0694. The molecule has 1 unspecified atom stereocenters. The van der Waals surface area contributed by atoms with Crippen molar-refractivity contribution in [3.63, 3.8) is 0 Å². The second-order valence-corrected chi connectivity index (χ2v) is 7.53. The summed E-state index contributed by atoms with van der Waals surface area (Å²) in [5, 5.41) is 18.5. The third-order valence-corrected chi connectivity index (χ3v) is 5.48. The van der Waals surface area contributed by atoms with Crippen LogP contribution in [0.5, 0.6) is 0 Å². The smallest absolute Gasteiger partial charge is 0.263 e. The van der Waals surface area contributed by atoms with E-state index in [0.29, 0.717) is 41.5 Å². The number of carbonyl (C=O) groups excluding carboxylic acids is 1. The Bertz CT molecular complexity index is 1160. The fraction of sp³-hybridized carbons (Fsp3) is 0.350. The summed E-state index contributed by atoms with van der Waals surface area (Å²) in [7, 11) is 0. The van der Waals surface area contributed by atoms with Gasteiger partial charge in [0.15, 0.2) is 5.16 Å². The number of allylic oxidation sites excluding steroid dienone is 1. The van der Waals surface area contributed by atoms with Gasteiger partial charge in [0.2, 0.25) is 11.7 Å². The van der Waals surface area contributed by atoms with Crippen LogP contribution in [-0.4, -0.2) is 48.8 Å². The Morgan fingerprint density at radius 2 is 2.17 bits per heavy atom. The van der Waals surface area contributed by atoms with Gasteiger partial charge in [0, 0.05) is 19.6 Å². The van der Waals surface area contributed by atoms with E-state index in [1.165, 1.54) is 16.3 Å². The van der Waals surface area contributed by atoms with E-state index in [0.717, 1.165) is 0 Å². The average Bonchev–Trinajstić information content (AvgIpc) is 3.17. The fourth-order valence-electron chi connectivity index (χ4n) is 3.12. The summed E-state index contributed by atoms with van der Waals surface area (Å²) < 4.78 is 3.31. The van der Waals surface area contributed by atoms with Gasteiger partial charge < -0.3 is 4.90 Å². The van der Waals surface area contributed by atoms with Crippen molar-refractivity contribution >= 4 is 34.3 Å². The number of aromatic nitrogens is 4. The molecule has 3 aromatic rings. The quantitative estimate of drug-likeness (QED) is 0.418. The molecule has 0 aliphatic heterocycles. The zero-order valence-corrected chi connectivity index (χ0v) is 17.2. The summed E-state index contributed by atoms with van der Waals surface area (Å²) in [4.78, 5) is 27.1. The van der Waals surface area contributed by atoms with E-state index < -0.39 is 0 Å². The molecule has 0 saturated heterocycles. The number of thioether (sulfide) groups is 1. The molecule has 1 atom stereocenters.